The summed E-state index contributed by atoms with van der Waals surface area (Å²) in [5.74, 6) is -0.276. The summed E-state index contributed by atoms with van der Waals surface area (Å²) >= 11 is 10.5. The monoisotopic (exact) mass is 437 g/mol. The highest BCUT2D eigenvalue weighted by Gasteiger charge is 2.24. The summed E-state index contributed by atoms with van der Waals surface area (Å²) in [5, 5.41) is 14.4. The molecule has 2 aromatic rings. The molecule has 9 heteroatoms. The fraction of sp³-hybridized carbons (Fsp3) is 0. The predicted molar refractivity (Wildman–Crippen MR) is 103 cm³/mol. The Balaban J connectivity index is 1.86. The number of carbonyl (C=O) groups is 1. The van der Waals surface area contributed by atoms with Gasteiger partial charge in [-0.05, 0) is 51.5 Å². The Labute approximate surface area is 160 Å². The van der Waals surface area contributed by atoms with Crippen molar-refractivity contribution < 1.29 is 9.72 Å². The van der Waals surface area contributed by atoms with E-state index in [4.69, 9.17) is 11.6 Å². The van der Waals surface area contributed by atoms with Gasteiger partial charge in [0, 0.05) is 17.2 Å². The lowest BCUT2D eigenvalue weighted by Crippen LogP contribution is -2.19. The fourth-order valence-corrected chi connectivity index (χ4v) is 3.49. The van der Waals surface area contributed by atoms with E-state index in [-0.39, 0.29) is 11.6 Å². The largest absolute Gasteiger partial charge is 0.300 e. The van der Waals surface area contributed by atoms with E-state index >= 15 is 0 Å². The topological polar surface area (TPSA) is 84.6 Å². The zero-order chi connectivity index (χ0) is 18.0. The van der Waals surface area contributed by atoms with Crippen molar-refractivity contribution in [3.63, 3.8) is 0 Å². The normalized spacial score (nSPS) is 17.1. The first-order valence-electron chi connectivity index (χ1n) is 6.92. The third kappa shape index (κ3) is 4.09. The summed E-state index contributed by atoms with van der Waals surface area (Å²) in [7, 11) is 0. The molecule has 0 aliphatic carbocycles. The minimum atomic E-state index is -0.488. The second kappa shape index (κ2) is 7.38. The maximum absolute atomic E-state index is 12.1. The van der Waals surface area contributed by atoms with E-state index in [0.717, 1.165) is 5.56 Å². The van der Waals surface area contributed by atoms with E-state index in [1.54, 1.807) is 12.1 Å². The van der Waals surface area contributed by atoms with Gasteiger partial charge in [0.15, 0.2) is 5.17 Å². The van der Waals surface area contributed by atoms with Crippen molar-refractivity contribution in [1.29, 1.82) is 0 Å². The zero-order valence-electron chi connectivity index (χ0n) is 12.4. The molecule has 0 unspecified atom stereocenters. The van der Waals surface area contributed by atoms with Crippen LogP contribution in [0.25, 0.3) is 6.08 Å². The number of hydrogen-bond acceptors (Lipinski definition) is 5. The maximum Gasteiger partial charge on any atom is 0.270 e. The molecule has 1 heterocycles. The first-order valence-corrected chi connectivity index (χ1v) is 8.91. The van der Waals surface area contributed by atoms with Gasteiger partial charge in [-0.15, -0.1) is 0 Å². The Bertz CT molecular complexity index is 946. The van der Waals surface area contributed by atoms with Crippen LogP contribution in [0.15, 0.2) is 56.8 Å². The highest BCUT2D eigenvalue weighted by Crippen LogP contribution is 2.33. The van der Waals surface area contributed by atoms with Crippen LogP contribution < -0.4 is 5.32 Å². The quantitative estimate of drug-likeness (QED) is 0.419. The number of rotatable bonds is 3. The van der Waals surface area contributed by atoms with Crippen LogP contribution in [0, 0.1) is 10.1 Å². The van der Waals surface area contributed by atoms with Crippen LogP contribution in [-0.4, -0.2) is 16.0 Å². The number of hydrogen-bond donors (Lipinski definition) is 1. The van der Waals surface area contributed by atoms with E-state index < -0.39 is 4.92 Å². The van der Waals surface area contributed by atoms with Gasteiger partial charge in [-0.3, -0.25) is 14.9 Å². The molecule has 1 fully saturated rings. The molecule has 0 atom stereocenters. The molecule has 6 nitrogen and oxygen atoms in total. The third-order valence-electron chi connectivity index (χ3n) is 3.21. The van der Waals surface area contributed by atoms with E-state index in [1.807, 2.05) is 18.2 Å². The number of benzene rings is 2. The molecule has 0 spiro atoms. The average molecular weight is 439 g/mol. The van der Waals surface area contributed by atoms with Crippen molar-refractivity contribution in [2.45, 2.75) is 0 Å². The first kappa shape index (κ1) is 17.7. The average Bonchev–Trinajstić information content (AvgIpc) is 2.91. The first-order chi connectivity index (χ1) is 11.9. The van der Waals surface area contributed by atoms with Crippen LogP contribution in [0.4, 0.5) is 11.4 Å². The zero-order valence-corrected chi connectivity index (χ0v) is 15.6. The number of nitro groups is 1. The lowest BCUT2D eigenvalue weighted by Gasteiger charge is -2.00. The number of aliphatic imine (C=N–C) groups is 1. The number of thioether (sulfide) groups is 1. The highest BCUT2D eigenvalue weighted by molar-refractivity contribution is 9.10. The second-order valence-corrected chi connectivity index (χ2v) is 7.19. The van der Waals surface area contributed by atoms with Gasteiger partial charge in [-0.1, -0.05) is 29.8 Å². The molecule has 0 aromatic heterocycles. The third-order valence-corrected chi connectivity index (χ3v) is 5.10. The van der Waals surface area contributed by atoms with Gasteiger partial charge in [0.2, 0.25) is 0 Å². The number of halogens is 2. The van der Waals surface area contributed by atoms with Gasteiger partial charge < -0.3 is 5.32 Å². The minimum absolute atomic E-state index is 0.0433. The number of carbonyl (C=O) groups excluding carboxylic acids is 1. The SMILES string of the molecule is O=C1NC(=Nc2ccc([N+](=O)[O-])cc2Br)S/C1=C/c1ccccc1Cl. The Kier molecular flexibility index (Phi) is 5.22. The number of nitrogens with one attached hydrogen (secondary N) is 1. The summed E-state index contributed by atoms with van der Waals surface area (Å²) in [6.07, 6.45) is 1.69. The molecule has 126 valence electrons. The van der Waals surface area contributed by atoms with E-state index in [9.17, 15) is 14.9 Å². The van der Waals surface area contributed by atoms with Crippen molar-refractivity contribution in [3.05, 3.63) is 72.5 Å². The summed E-state index contributed by atoms with van der Waals surface area (Å²) in [6, 6.07) is 11.4. The molecule has 1 N–H and O–H groups in total. The summed E-state index contributed by atoms with van der Waals surface area (Å²) < 4.78 is 0.465. The molecule has 0 bridgehead atoms. The van der Waals surface area contributed by atoms with Crippen molar-refractivity contribution in [2.24, 2.45) is 4.99 Å². The van der Waals surface area contributed by atoms with Gasteiger partial charge in [0.1, 0.15) is 0 Å². The van der Waals surface area contributed by atoms with Crippen LogP contribution in [0.3, 0.4) is 0 Å². The minimum Gasteiger partial charge on any atom is -0.300 e. The standard InChI is InChI=1S/C16H9BrClN3O3S/c17-11-8-10(21(23)24)5-6-13(11)19-16-20-15(22)14(25-16)7-9-3-1-2-4-12(9)18/h1-8H,(H,19,20,22)/b14-7+. The molecule has 1 amide bonds. The molecular formula is C16H9BrClN3O3S. The Morgan fingerprint density at radius 3 is 2.72 bits per heavy atom. The van der Waals surface area contributed by atoms with Gasteiger partial charge in [0.25, 0.3) is 11.6 Å². The summed E-state index contributed by atoms with van der Waals surface area (Å²) in [4.78, 5) is 27.2. The molecule has 3 rings (SSSR count). The van der Waals surface area contributed by atoms with Crippen molar-refractivity contribution in [2.75, 3.05) is 0 Å². The van der Waals surface area contributed by atoms with Crippen molar-refractivity contribution in [3.8, 4) is 0 Å². The number of amides is 1. The molecule has 0 saturated carbocycles. The Morgan fingerprint density at radius 2 is 2.04 bits per heavy atom. The van der Waals surface area contributed by atoms with Crippen LogP contribution in [0.1, 0.15) is 5.56 Å². The van der Waals surface area contributed by atoms with Crippen LogP contribution >= 0.6 is 39.3 Å². The lowest BCUT2D eigenvalue weighted by atomic mass is 10.2. The molecule has 1 aliphatic rings. The molecule has 1 aliphatic heterocycles. The lowest BCUT2D eigenvalue weighted by molar-refractivity contribution is -0.384. The van der Waals surface area contributed by atoms with Gasteiger partial charge in [0.05, 0.1) is 20.0 Å². The molecule has 1 saturated heterocycles. The molecular weight excluding hydrogens is 430 g/mol. The van der Waals surface area contributed by atoms with Gasteiger partial charge in [-0.25, -0.2) is 4.99 Å². The molecule has 2 aromatic carbocycles. The van der Waals surface area contributed by atoms with Crippen molar-refractivity contribution in [1.82, 2.24) is 5.32 Å². The number of nitrogens with zero attached hydrogens (tertiary/aromatic N) is 2. The summed E-state index contributed by atoms with van der Waals surface area (Å²) in [6.45, 7) is 0. The van der Waals surface area contributed by atoms with E-state index in [2.05, 4.69) is 26.2 Å². The predicted octanol–water partition coefficient (Wildman–Crippen LogP) is 4.90. The van der Waals surface area contributed by atoms with Crippen LogP contribution in [0.2, 0.25) is 5.02 Å². The Morgan fingerprint density at radius 1 is 1.28 bits per heavy atom. The highest BCUT2D eigenvalue weighted by atomic mass is 79.9. The number of nitro benzene ring substituents is 1. The fourth-order valence-electron chi connectivity index (χ4n) is 2.02. The summed E-state index contributed by atoms with van der Waals surface area (Å²) in [5.41, 5.74) is 1.17. The van der Waals surface area contributed by atoms with E-state index in [1.165, 1.54) is 30.0 Å². The second-order valence-electron chi connectivity index (χ2n) is 4.90. The Hall–Kier alpha value is -2.16. The smallest absolute Gasteiger partial charge is 0.270 e. The maximum atomic E-state index is 12.1. The van der Waals surface area contributed by atoms with Gasteiger partial charge >= 0.3 is 0 Å². The van der Waals surface area contributed by atoms with Crippen LogP contribution in [-0.2, 0) is 4.79 Å². The molecule has 0 radical (unpaired) electrons. The number of non-ortho nitro benzene ring substituents is 1. The van der Waals surface area contributed by atoms with Crippen LogP contribution in [0.5, 0.6) is 0 Å². The molecule has 25 heavy (non-hydrogen) atoms. The van der Waals surface area contributed by atoms with E-state index in [0.29, 0.717) is 25.3 Å². The van der Waals surface area contributed by atoms with Crippen molar-refractivity contribution >= 4 is 67.8 Å². The number of amidine groups is 1. The van der Waals surface area contributed by atoms with Gasteiger partial charge in [-0.2, -0.15) is 0 Å².